The topological polar surface area (TPSA) is 41.1 Å². The number of alkyl halides is 3. The Kier molecular flexibility index (Phi) is 5.67. The summed E-state index contributed by atoms with van der Waals surface area (Å²) in [6.45, 7) is 2.34. The Hall–Kier alpha value is -1.04. The molecule has 0 aromatic carbocycles. The molecule has 0 spiro atoms. The Balaban J connectivity index is 1.73. The molecule has 0 aromatic rings. The summed E-state index contributed by atoms with van der Waals surface area (Å²) in [7, 11) is 0. The van der Waals surface area contributed by atoms with E-state index in [4.69, 9.17) is 0 Å². The molecule has 3 nitrogen and oxygen atoms in total. The van der Waals surface area contributed by atoms with Gasteiger partial charge in [0.15, 0.2) is 0 Å². The molecule has 1 aliphatic heterocycles. The average Bonchev–Trinajstić information content (AvgIpc) is 2.47. The van der Waals surface area contributed by atoms with Gasteiger partial charge in [-0.15, -0.1) is 0 Å². The summed E-state index contributed by atoms with van der Waals surface area (Å²) in [4.78, 5) is 12.0. The summed E-state index contributed by atoms with van der Waals surface area (Å²) in [5, 5.41) is 6.02. The molecule has 1 amide bonds. The lowest BCUT2D eigenvalue weighted by molar-refractivity contribution is -0.186. The van der Waals surface area contributed by atoms with Crippen LogP contribution in [0.25, 0.3) is 0 Å². The minimum absolute atomic E-state index is 0.0536. The van der Waals surface area contributed by atoms with Crippen LogP contribution in [0, 0.1) is 11.8 Å². The van der Waals surface area contributed by atoms with Crippen molar-refractivity contribution in [3.63, 3.8) is 0 Å². The van der Waals surface area contributed by atoms with Crippen molar-refractivity contribution in [3.8, 4) is 0 Å². The number of carbonyl (C=O) groups is 1. The Labute approximate surface area is 123 Å². The minimum atomic E-state index is -4.17. The van der Waals surface area contributed by atoms with Gasteiger partial charge in [0.05, 0.1) is 5.92 Å². The van der Waals surface area contributed by atoms with Gasteiger partial charge in [-0.25, -0.2) is 0 Å². The van der Waals surface area contributed by atoms with Crippen LogP contribution < -0.4 is 10.6 Å². The molecule has 2 unspecified atom stereocenters. The second-order valence-electron chi connectivity index (χ2n) is 5.96. The summed E-state index contributed by atoms with van der Waals surface area (Å²) in [6, 6.07) is 0. The monoisotopic (exact) mass is 304 g/mol. The molecule has 0 bridgehead atoms. The standard InChI is InChI=1S/C15H23F3N2O/c16-15(17,18)13-3-1-2-12(10-13)14(21)20-9-6-11-4-7-19-8-5-11/h4,12-13,19H,1-3,5-10H2,(H,20,21). The lowest BCUT2D eigenvalue weighted by Gasteiger charge is -2.29. The summed E-state index contributed by atoms with van der Waals surface area (Å²) in [5.74, 6) is -2.00. The Morgan fingerprint density at radius 2 is 2.19 bits per heavy atom. The molecule has 21 heavy (non-hydrogen) atoms. The molecule has 0 saturated heterocycles. The van der Waals surface area contributed by atoms with Crippen molar-refractivity contribution in [2.75, 3.05) is 19.6 Å². The highest BCUT2D eigenvalue weighted by atomic mass is 19.4. The van der Waals surface area contributed by atoms with Gasteiger partial charge >= 0.3 is 6.18 Å². The van der Waals surface area contributed by atoms with Gasteiger partial charge in [0, 0.05) is 19.0 Å². The third-order valence-corrected chi connectivity index (χ3v) is 4.41. The average molecular weight is 304 g/mol. The van der Waals surface area contributed by atoms with E-state index < -0.39 is 18.0 Å². The first-order valence-corrected chi connectivity index (χ1v) is 7.70. The highest BCUT2D eigenvalue weighted by Crippen LogP contribution is 2.39. The van der Waals surface area contributed by atoms with Crippen molar-refractivity contribution < 1.29 is 18.0 Å². The third-order valence-electron chi connectivity index (χ3n) is 4.41. The summed E-state index contributed by atoms with van der Waals surface area (Å²) < 4.78 is 38.2. The second kappa shape index (κ2) is 7.29. The van der Waals surface area contributed by atoms with Crippen molar-refractivity contribution in [3.05, 3.63) is 11.6 Å². The zero-order chi connectivity index (χ0) is 15.3. The first kappa shape index (κ1) is 16.3. The number of halogens is 3. The lowest BCUT2D eigenvalue weighted by Crippen LogP contribution is -2.37. The van der Waals surface area contributed by atoms with Gasteiger partial charge in [0.2, 0.25) is 5.91 Å². The molecule has 6 heteroatoms. The fourth-order valence-electron chi connectivity index (χ4n) is 3.11. The first-order chi connectivity index (χ1) is 9.97. The quantitative estimate of drug-likeness (QED) is 0.784. The number of nitrogens with one attached hydrogen (secondary N) is 2. The van der Waals surface area contributed by atoms with E-state index in [1.54, 1.807) is 0 Å². The SMILES string of the molecule is O=C(NCCC1=CCNCC1)C1CCCC(C(F)(F)F)C1. The number of hydrogen-bond donors (Lipinski definition) is 2. The smallest absolute Gasteiger partial charge is 0.356 e. The fraction of sp³-hybridized carbons (Fsp3) is 0.800. The van der Waals surface area contributed by atoms with E-state index in [-0.39, 0.29) is 18.7 Å². The molecule has 2 atom stereocenters. The van der Waals surface area contributed by atoms with Crippen LogP contribution in [-0.4, -0.2) is 31.7 Å². The largest absolute Gasteiger partial charge is 0.391 e. The van der Waals surface area contributed by atoms with E-state index in [1.807, 2.05) is 0 Å². The molecule has 0 radical (unpaired) electrons. The van der Waals surface area contributed by atoms with Crippen molar-refractivity contribution >= 4 is 5.91 Å². The molecule has 2 aliphatic rings. The Morgan fingerprint density at radius 1 is 1.38 bits per heavy atom. The van der Waals surface area contributed by atoms with Crippen molar-refractivity contribution in [2.45, 2.75) is 44.7 Å². The third kappa shape index (κ3) is 5.02. The van der Waals surface area contributed by atoms with E-state index in [9.17, 15) is 18.0 Å². The minimum Gasteiger partial charge on any atom is -0.356 e. The molecular formula is C15H23F3N2O. The fourth-order valence-corrected chi connectivity index (χ4v) is 3.11. The van der Waals surface area contributed by atoms with Crippen LogP contribution in [0.4, 0.5) is 13.2 Å². The number of amides is 1. The van der Waals surface area contributed by atoms with Gasteiger partial charge in [-0.1, -0.05) is 18.1 Å². The van der Waals surface area contributed by atoms with Crippen LogP contribution in [0.1, 0.15) is 38.5 Å². The van der Waals surface area contributed by atoms with Gasteiger partial charge in [0.1, 0.15) is 0 Å². The maximum absolute atomic E-state index is 12.7. The van der Waals surface area contributed by atoms with E-state index in [1.165, 1.54) is 5.57 Å². The first-order valence-electron chi connectivity index (χ1n) is 7.70. The summed E-state index contributed by atoms with van der Waals surface area (Å²) >= 11 is 0. The van der Waals surface area contributed by atoms with Crippen LogP contribution in [0.5, 0.6) is 0 Å². The summed E-state index contributed by atoms with van der Waals surface area (Å²) in [6.07, 6.45) is 0.895. The van der Waals surface area contributed by atoms with Crippen LogP contribution in [0.2, 0.25) is 0 Å². The number of rotatable bonds is 4. The number of hydrogen-bond acceptors (Lipinski definition) is 2. The highest BCUT2D eigenvalue weighted by molar-refractivity contribution is 5.78. The highest BCUT2D eigenvalue weighted by Gasteiger charge is 2.43. The molecule has 1 heterocycles. The normalized spacial score (nSPS) is 27.1. The molecule has 2 rings (SSSR count). The van der Waals surface area contributed by atoms with Gasteiger partial charge < -0.3 is 10.6 Å². The van der Waals surface area contributed by atoms with Crippen molar-refractivity contribution in [2.24, 2.45) is 11.8 Å². The van der Waals surface area contributed by atoms with Crippen molar-refractivity contribution in [1.29, 1.82) is 0 Å². The van der Waals surface area contributed by atoms with E-state index >= 15 is 0 Å². The molecule has 2 N–H and O–H groups in total. The van der Waals surface area contributed by atoms with Crippen LogP contribution in [-0.2, 0) is 4.79 Å². The Bertz CT molecular complexity index is 393. The maximum Gasteiger partial charge on any atom is 0.391 e. The van der Waals surface area contributed by atoms with Gasteiger partial charge in [0.25, 0.3) is 0 Å². The Morgan fingerprint density at radius 3 is 2.86 bits per heavy atom. The van der Waals surface area contributed by atoms with Crippen LogP contribution in [0.15, 0.2) is 11.6 Å². The van der Waals surface area contributed by atoms with Crippen LogP contribution >= 0.6 is 0 Å². The maximum atomic E-state index is 12.7. The van der Waals surface area contributed by atoms with E-state index in [2.05, 4.69) is 16.7 Å². The van der Waals surface area contributed by atoms with Gasteiger partial charge in [-0.2, -0.15) is 13.2 Å². The zero-order valence-electron chi connectivity index (χ0n) is 12.1. The zero-order valence-corrected chi connectivity index (χ0v) is 12.1. The van der Waals surface area contributed by atoms with Crippen molar-refractivity contribution in [1.82, 2.24) is 10.6 Å². The molecule has 120 valence electrons. The van der Waals surface area contributed by atoms with E-state index in [0.717, 1.165) is 25.9 Å². The predicted octanol–water partition coefficient (Wildman–Crippen LogP) is 2.78. The molecular weight excluding hydrogens is 281 g/mol. The van der Waals surface area contributed by atoms with E-state index in [0.29, 0.717) is 19.4 Å². The lowest BCUT2D eigenvalue weighted by atomic mass is 9.80. The number of carbonyl (C=O) groups excluding carboxylic acids is 1. The van der Waals surface area contributed by atoms with Gasteiger partial charge in [-0.05, 0) is 38.6 Å². The second-order valence-corrected chi connectivity index (χ2v) is 5.96. The molecule has 1 saturated carbocycles. The summed E-state index contributed by atoms with van der Waals surface area (Å²) in [5.41, 5.74) is 1.31. The van der Waals surface area contributed by atoms with Gasteiger partial charge in [-0.3, -0.25) is 4.79 Å². The molecule has 1 fully saturated rings. The predicted molar refractivity (Wildman–Crippen MR) is 74.7 cm³/mol. The van der Waals surface area contributed by atoms with Crippen LogP contribution in [0.3, 0.4) is 0 Å². The molecule has 0 aromatic heterocycles. The molecule has 1 aliphatic carbocycles.